The number of benzene rings is 1. The van der Waals surface area contributed by atoms with Crippen LogP contribution in [0, 0.1) is 5.82 Å². The number of aromatic carboxylic acids is 1. The monoisotopic (exact) mass is 276 g/mol. The molecule has 0 saturated carbocycles. The fourth-order valence-electron chi connectivity index (χ4n) is 1.55. The minimum atomic E-state index is -1.33. The second-order valence-electron chi connectivity index (χ2n) is 3.85. The second kappa shape index (κ2) is 5.35. The summed E-state index contributed by atoms with van der Waals surface area (Å²) in [4.78, 5) is 26.2. The molecule has 0 bridgehead atoms. The lowest BCUT2D eigenvalue weighted by Gasteiger charge is -2.08. The van der Waals surface area contributed by atoms with Gasteiger partial charge < -0.3 is 15.5 Å². The number of rotatable bonds is 3. The van der Waals surface area contributed by atoms with Gasteiger partial charge in [-0.1, -0.05) is 6.07 Å². The molecule has 0 fully saturated rings. The maximum absolute atomic E-state index is 12.9. The summed E-state index contributed by atoms with van der Waals surface area (Å²) >= 11 is 0. The molecule has 20 heavy (non-hydrogen) atoms. The summed E-state index contributed by atoms with van der Waals surface area (Å²) in [6, 6.07) is 4.85. The zero-order valence-electron chi connectivity index (χ0n) is 10.0. The number of hydrogen-bond donors (Lipinski definition) is 3. The maximum atomic E-state index is 12.9. The van der Waals surface area contributed by atoms with Crippen LogP contribution < -0.4 is 5.32 Å². The van der Waals surface area contributed by atoms with Crippen LogP contribution in [0.2, 0.25) is 0 Å². The third-order valence-corrected chi connectivity index (χ3v) is 2.48. The number of para-hydroxylation sites is 1. The second-order valence-corrected chi connectivity index (χ2v) is 3.85. The van der Waals surface area contributed by atoms with E-state index in [0.29, 0.717) is 0 Å². The highest BCUT2D eigenvalue weighted by Crippen LogP contribution is 2.27. The molecule has 0 spiro atoms. The molecule has 2 aromatic rings. The predicted molar refractivity (Wildman–Crippen MR) is 67.2 cm³/mol. The van der Waals surface area contributed by atoms with Gasteiger partial charge in [0.15, 0.2) is 5.75 Å². The number of halogens is 1. The van der Waals surface area contributed by atoms with Crippen LogP contribution in [0.5, 0.6) is 5.75 Å². The molecule has 1 amide bonds. The van der Waals surface area contributed by atoms with Gasteiger partial charge in [-0.2, -0.15) is 0 Å². The average Bonchev–Trinajstić information content (AvgIpc) is 2.40. The van der Waals surface area contributed by atoms with Gasteiger partial charge in [-0.25, -0.2) is 9.18 Å². The number of anilines is 1. The molecule has 0 unspecified atom stereocenters. The molecule has 0 aliphatic rings. The van der Waals surface area contributed by atoms with Crippen LogP contribution in [0.3, 0.4) is 0 Å². The standard InChI is InChI=1S/C13H9FN2O4/c14-8-4-7(5-15-6-8)12(18)16-10-3-1-2-9(11(10)17)13(19)20/h1-6,17H,(H,16,18)(H,19,20). The lowest BCUT2D eigenvalue weighted by molar-refractivity contribution is 0.0693. The van der Waals surface area contributed by atoms with E-state index in [0.717, 1.165) is 18.5 Å². The first kappa shape index (κ1) is 13.5. The Kier molecular flexibility index (Phi) is 3.60. The summed E-state index contributed by atoms with van der Waals surface area (Å²) in [5.41, 5.74) is -0.482. The van der Waals surface area contributed by atoms with Gasteiger partial charge in [0.1, 0.15) is 11.4 Å². The van der Waals surface area contributed by atoms with E-state index in [1.807, 2.05) is 0 Å². The smallest absolute Gasteiger partial charge is 0.339 e. The molecule has 0 atom stereocenters. The molecule has 102 valence electrons. The van der Waals surface area contributed by atoms with Crippen LogP contribution >= 0.6 is 0 Å². The van der Waals surface area contributed by atoms with Crippen LogP contribution in [-0.4, -0.2) is 27.1 Å². The van der Waals surface area contributed by atoms with Crippen LogP contribution in [-0.2, 0) is 0 Å². The lowest BCUT2D eigenvalue weighted by Crippen LogP contribution is -2.13. The van der Waals surface area contributed by atoms with Crippen molar-refractivity contribution in [2.45, 2.75) is 0 Å². The zero-order valence-corrected chi connectivity index (χ0v) is 10.0. The Morgan fingerprint density at radius 1 is 1.25 bits per heavy atom. The van der Waals surface area contributed by atoms with E-state index in [-0.39, 0.29) is 16.8 Å². The van der Waals surface area contributed by atoms with Gasteiger partial charge in [-0.15, -0.1) is 0 Å². The number of nitrogens with one attached hydrogen (secondary N) is 1. The van der Waals surface area contributed by atoms with Crippen molar-refractivity contribution in [1.29, 1.82) is 0 Å². The molecule has 1 aromatic carbocycles. The third-order valence-electron chi connectivity index (χ3n) is 2.48. The fraction of sp³-hybridized carbons (Fsp3) is 0. The number of carboxylic acid groups (broad SMARTS) is 1. The van der Waals surface area contributed by atoms with Crippen molar-refractivity contribution in [3.63, 3.8) is 0 Å². The molecule has 0 aliphatic carbocycles. The zero-order chi connectivity index (χ0) is 14.7. The Morgan fingerprint density at radius 3 is 2.65 bits per heavy atom. The largest absolute Gasteiger partial charge is 0.505 e. The van der Waals surface area contributed by atoms with Gasteiger partial charge >= 0.3 is 5.97 Å². The molecule has 1 heterocycles. The summed E-state index contributed by atoms with van der Waals surface area (Å²) in [6.45, 7) is 0. The van der Waals surface area contributed by atoms with Gasteiger partial charge in [-0.05, 0) is 18.2 Å². The number of hydrogen-bond acceptors (Lipinski definition) is 4. The number of aromatic nitrogens is 1. The minimum absolute atomic E-state index is 0.0508. The van der Waals surface area contributed by atoms with Crippen molar-refractivity contribution >= 4 is 17.6 Å². The Balaban J connectivity index is 2.29. The van der Waals surface area contributed by atoms with Crippen LogP contribution in [0.4, 0.5) is 10.1 Å². The number of pyridine rings is 1. The van der Waals surface area contributed by atoms with E-state index < -0.39 is 23.4 Å². The predicted octanol–water partition coefficient (Wildman–Crippen LogP) is 1.88. The van der Waals surface area contributed by atoms with Gasteiger partial charge in [0, 0.05) is 6.20 Å². The number of carboxylic acids is 1. The van der Waals surface area contributed by atoms with Crippen molar-refractivity contribution in [3.05, 3.63) is 53.6 Å². The van der Waals surface area contributed by atoms with Crippen LogP contribution in [0.15, 0.2) is 36.7 Å². The fourth-order valence-corrected chi connectivity index (χ4v) is 1.55. The van der Waals surface area contributed by atoms with Crippen molar-refractivity contribution in [2.75, 3.05) is 5.32 Å². The molecule has 0 saturated heterocycles. The SMILES string of the molecule is O=C(Nc1cccc(C(=O)O)c1O)c1cncc(F)c1. The average molecular weight is 276 g/mol. The van der Waals surface area contributed by atoms with E-state index in [1.165, 1.54) is 18.2 Å². The van der Waals surface area contributed by atoms with E-state index in [1.54, 1.807) is 0 Å². The lowest BCUT2D eigenvalue weighted by atomic mass is 10.1. The van der Waals surface area contributed by atoms with Crippen molar-refractivity contribution in [2.24, 2.45) is 0 Å². The van der Waals surface area contributed by atoms with E-state index >= 15 is 0 Å². The summed E-state index contributed by atoms with van der Waals surface area (Å²) < 4.78 is 12.9. The van der Waals surface area contributed by atoms with Gasteiger partial charge in [0.2, 0.25) is 0 Å². The molecule has 3 N–H and O–H groups in total. The first-order chi connectivity index (χ1) is 9.49. The highest BCUT2D eigenvalue weighted by Gasteiger charge is 2.15. The Bertz CT molecular complexity index is 688. The first-order valence-corrected chi connectivity index (χ1v) is 5.46. The molecule has 0 aliphatic heterocycles. The number of phenols is 1. The number of aromatic hydroxyl groups is 1. The molecule has 6 nitrogen and oxygen atoms in total. The quantitative estimate of drug-likeness (QED) is 0.743. The highest BCUT2D eigenvalue weighted by atomic mass is 19.1. The molecule has 1 aromatic heterocycles. The van der Waals surface area contributed by atoms with Crippen LogP contribution in [0.25, 0.3) is 0 Å². The third kappa shape index (κ3) is 2.72. The van der Waals surface area contributed by atoms with Crippen LogP contribution in [0.1, 0.15) is 20.7 Å². The highest BCUT2D eigenvalue weighted by molar-refractivity contribution is 6.06. The number of carbonyl (C=O) groups excluding carboxylic acids is 1. The number of amides is 1. The van der Waals surface area contributed by atoms with Gasteiger partial charge in [0.05, 0.1) is 17.4 Å². The molecule has 0 radical (unpaired) electrons. The first-order valence-electron chi connectivity index (χ1n) is 5.46. The summed E-state index contributed by atoms with van der Waals surface area (Å²) in [7, 11) is 0. The van der Waals surface area contributed by atoms with Crippen molar-refractivity contribution < 1.29 is 24.2 Å². The van der Waals surface area contributed by atoms with E-state index in [2.05, 4.69) is 10.3 Å². The topological polar surface area (TPSA) is 99.5 Å². The van der Waals surface area contributed by atoms with Crippen molar-refractivity contribution in [3.8, 4) is 5.75 Å². The summed E-state index contributed by atoms with van der Waals surface area (Å²) in [5.74, 6) is -3.29. The van der Waals surface area contributed by atoms with Crippen molar-refractivity contribution in [1.82, 2.24) is 4.98 Å². The Hall–Kier alpha value is -2.96. The maximum Gasteiger partial charge on any atom is 0.339 e. The van der Waals surface area contributed by atoms with E-state index in [4.69, 9.17) is 5.11 Å². The molecule has 2 rings (SSSR count). The van der Waals surface area contributed by atoms with Gasteiger partial charge in [0.25, 0.3) is 5.91 Å². The molecular weight excluding hydrogens is 267 g/mol. The molecular formula is C13H9FN2O4. The normalized spacial score (nSPS) is 10.1. The summed E-state index contributed by atoms with van der Waals surface area (Å²) in [6.07, 6.45) is 2.09. The number of nitrogens with zero attached hydrogens (tertiary/aromatic N) is 1. The Morgan fingerprint density at radius 2 is 2.00 bits per heavy atom. The van der Waals surface area contributed by atoms with Gasteiger partial charge in [-0.3, -0.25) is 9.78 Å². The Labute approximate surface area is 112 Å². The van der Waals surface area contributed by atoms with E-state index in [9.17, 15) is 19.1 Å². The molecule has 7 heteroatoms. The number of carbonyl (C=O) groups is 2. The summed E-state index contributed by atoms with van der Waals surface area (Å²) in [5, 5.41) is 20.9. The minimum Gasteiger partial charge on any atom is -0.505 e.